The Morgan fingerprint density at radius 2 is 1.87 bits per heavy atom. The van der Waals surface area contributed by atoms with Gasteiger partial charge < -0.3 is 19.9 Å². The second kappa shape index (κ2) is 4.81. The Bertz CT molecular complexity index is 335. The molecule has 1 aromatic carbocycles. The van der Waals surface area contributed by atoms with E-state index >= 15 is 0 Å². The number of hydrogen-bond acceptors (Lipinski definition) is 4. The molecule has 0 unspecified atom stereocenters. The Morgan fingerprint density at radius 1 is 1.33 bits per heavy atom. The van der Waals surface area contributed by atoms with Crippen molar-refractivity contribution in [1.29, 1.82) is 0 Å². The van der Waals surface area contributed by atoms with Gasteiger partial charge in [0, 0.05) is 0 Å². The Balaban J connectivity index is 2.68. The summed E-state index contributed by atoms with van der Waals surface area (Å²) in [7, 11) is -1.53. The maximum atomic E-state index is 10.5. The summed E-state index contributed by atoms with van der Waals surface area (Å²) in [5, 5.41) is 26.2. The van der Waals surface area contributed by atoms with E-state index < -0.39 is 19.2 Å². The predicted molar refractivity (Wildman–Crippen MR) is 54.0 cm³/mol. The lowest BCUT2D eigenvalue weighted by atomic mass is 9.80. The van der Waals surface area contributed by atoms with E-state index in [1.807, 2.05) is 0 Å². The molecule has 1 aromatic rings. The normalized spacial score (nSPS) is 11.9. The van der Waals surface area contributed by atoms with Gasteiger partial charge in [-0.25, -0.2) is 4.79 Å². The van der Waals surface area contributed by atoms with Gasteiger partial charge in [-0.2, -0.15) is 0 Å². The highest BCUT2D eigenvalue weighted by Crippen LogP contribution is 2.10. The van der Waals surface area contributed by atoms with Gasteiger partial charge in [-0.05, 0) is 24.5 Å². The zero-order valence-corrected chi connectivity index (χ0v) is 8.12. The molecule has 0 saturated carbocycles. The van der Waals surface area contributed by atoms with E-state index in [1.165, 1.54) is 31.2 Å². The molecule has 1 atom stereocenters. The first-order valence-corrected chi connectivity index (χ1v) is 4.36. The van der Waals surface area contributed by atoms with Crippen LogP contribution in [-0.4, -0.2) is 34.3 Å². The van der Waals surface area contributed by atoms with E-state index in [9.17, 15) is 4.79 Å². The standard InChI is InChI=1S/C9H11BO5/c1-6(9(11)12)15-8-4-2-7(3-5-8)10(13)14/h2-6,13-14H,1H3,(H,11,12)/t6-/m0/s1. The lowest BCUT2D eigenvalue weighted by Crippen LogP contribution is -2.29. The molecule has 80 valence electrons. The first kappa shape index (κ1) is 11.5. The molecule has 0 aliphatic carbocycles. The Hall–Kier alpha value is -1.53. The Labute approximate surface area is 87.1 Å². The number of ether oxygens (including phenoxy) is 1. The van der Waals surface area contributed by atoms with Crippen molar-refractivity contribution in [3.63, 3.8) is 0 Å². The summed E-state index contributed by atoms with van der Waals surface area (Å²) in [6.45, 7) is 1.41. The van der Waals surface area contributed by atoms with Gasteiger partial charge in [-0.15, -0.1) is 0 Å². The summed E-state index contributed by atoms with van der Waals surface area (Å²) in [6, 6.07) is 5.87. The van der Waals surface area contributed by atoms with Crippen LogP contribution in [0.3, 0.4) is 0 Å². The number of carboxylic acids is 1. The first-order valence-electron chi connectivity index (χ1n) is 4.36. The van der Waals surface area contributed by atoms with Gasteiger partial charge in [0.2, 0.25) is 0 Å². The van der Waals surface area contributed by atoms with Crippen molar-refractivity contribution in [3.8, 4) is 5.75 Å². The lowest BCUT2D eigenvalue weighted by Gasteiger charge is -2.10. The molecular formula is C9H11BO5. The molecule has 1 rings (SSSR count). The zero-order chi connectivity index (χ0) is 11.4. The largest absolute Gasteiger partial charge is 0.488 e. The molecule has 15 heavy (non-hydrogen) atoms. The minimum Gasteiger partial charge on any atom is -0.479 e. The van der Waals surface area contributed by atoms with E-state index in [0.717, 1.165) is 0 Å². The van der Waals surface area contributed by atoms with Crippen LogP contribution in [0.1, 0.15) is 6.92 Å². The van der Waals surface area contributed by atoms with E-state index in [4.69, 9.17) is 19.9 Å². The molecule has 0 aromatic heterocycles. The minimum atomic E-state index is -1.53. The molecular weight excluding hydrogens is 199 g/mol. The second-order valence-electron chi connectivity index (χ2n) is 3.04. The van der Waals surface area contributed by atoms with Crippen molar-refractivity contribution < 1.29 is 24.7 Å². The molecule has 6 heteroatoms. The number of benzene rings is 1. The Kier molecular flexibility index (Phi) is 3.71. The maximum absolute atomic E-state index is 10.5. The molecule has 3 N–H and O–H groups in total. The Morgan fingerprint density at radius 3 is 2.27 bits per heavy atom. The van der Waals surface area contributed by atoms with Crippen LogP contribution in [-0.2, 0) is 4.79 Å². The zero-order valence-electron chi connectivity index (χ0n) is 8.12. The van der Waals surface area contributed by atoms with Gasteiger partial charge in [0.25, 0.3) is 0 Å². The van der Waals surface area contributed by atoms with Crippen LogP contribution in [0.5, 0.6) is 5.75 Å². The van der Waals surface area contributed by atoms with Crippen LogP contribution in [0.15, 0.2) is 24.3 Å². The van der Waals surface area contributed by atoms with E-state index in [1.54, 1.807) is 0 Å². The van der Waals surface area contributed by atoms with Crippen molar-refractivity contribution in [2.24, 2.45) is 0 Å². The minimum absolute atomic E-state index is 0.324. The molecule has 0 fully saturated rings. The number of rotatable bonds is 4. The van der Waals surface area contributed by atoms with Crippen LogP contribution in [0.25, 0.3) is 0 Å². The summed E-state index contributed by atoms with van der Waals surface area (Å²) in [4.78, 5) is 10.5. The van der Waals surface area contributed by atoms with Gasteiger partial charge in [0.1, 0.15) is 5.75 Å². The van der Waals surface area contributed by atoms with Crippen molar-refractivity contribution in [1.82, 2.24) is 0 Å². The highest BCUT2D eigenvalue weighted by molar-refractivity contribution is 6.58. The van der Waals surface area contributed by atoms with Gasteiger partial charge in [-0.1, -0.05) is 12.1 Å². The molecule has 0 spiro atoms. The van der Waals surface area contributed by atoms with Gasteiger partial charge in [0.05, 0.1) is 0 Å². The summed E-state index contributed by atoms with van der Waals surface area (Å²) >= 11 is 0. The quantitative estimate of drug-likeness (QED) is 0.567. The van der Waals surface area contributed by atoms with Crippen molar-refractivity contribution >= 4 is 18.6 Å². The van der Waals surface area contributed by atoms with Crippen molar-refractivity contribution in [3.05, 3.63) is 24.3 Å². The van der Waals surface area contributed by atoms with Gasteiger partial charge >= 0.3 is 13.1 Å². The number of carboxylic acid groups (broad SMARTS) is 1. The summed E-state index contributed by atoms with van der Waals surface area (Å²) in [5.41, 5.74) is 0.324. The van der Waals surface area contributed by atoms with Crippen LogP contribution in [0.2, 0.25) is 0 Å². The molecule has 0 aliphatic heterocycles. The van der Waals surface area contributed by atoms with Gasteiger partial charge in [0.15, 0.2) is 6.10 Å². The van der Waals surface area contributed by atoms with Gasteiger partial charge in [-0.3, -0.25) is 0 Å². The smallest absolute Gasteiger partial charge is 0.479 e. The SMILES string of the molecule is C[C@H](Oc1ccc(B(O)O)cc1)C(=O)O. The highest BCUT2D eigenvalue weighted by atomic mass is 16.5. The average molecular weight is 210 g/mol. The van der Waals surface area contributed by atoms with Crippen molar-refractivity contribution in [2.75, 3.05) is 0 Å². The van der Waals surface area contributed by atoms with Crippen LogP contribution < -0.4 is 10.2 Å². The third-order valence-corrected chi connectivity index (χ3v) is 1.84. The summed E-state index contributed by atoms with van der Waals surface area (Å²) in [5.74, 6) is -0.685. The van der Waals surface area contributed by atoms with Crippen molar-refractivity contribution in [2.45, 2.75) is 13.0 Å². The third kappa shape index (κ3) is 3.27. The van der Waals surface area contributed by atoms with Crippen LogP contribution in [0, 0.1) is 0 Å². The van der Waals surface area contributed by atoms with E-state index in [0.29, 0.717) is 11.2 Å². The molecule has 0 amide bonds. The van der Waals surface area contributed by atoms with Crippen LogP contribution >= 0.6 is 0 Å². The second-order valence-corrected chi connectivity index (χ2v) is 3.04. The molecule has 0 aliphatic rings. The topological polar surface area (TPSA) is 87.0 Å². The number of aliphatic carboxylic acids is 1. The predicted octanol–water partition coefficient (Wildman–Crippen LogP) is -0.782. The molecule has 0 heterocycles. The molecule has 0 saturated heterocycles. The van der Waals surface area contributed by atoms with E-state index in [-0.39, 0.29) is 0 Å². The fourth-order valence-electron chi connectivity index (χ4n) is 0.973. The molecule has 5 nitrogen and oxygen atoms in total. The van der Waals surface area contributed by atoms with E-state index in [2.05, 4.69) is 0 Å². The fraction of sp³-hybridized carbons (Fsp3) is 0.222. The summed E-state index contributed by atoms with van der Waals surface area (Å²) in [6.07, 6.45) is -0.935. The average Bonchev–Trinajstić information content (AvgIpc) is 2.18. The summed E-state index contributed by atoms with van der Waals surface area (Å²) < 4.78 is 5.05. The lowest BCUT2D eigenvalue weighted by molar-refractivity contribution is -0.144. The first-order chi connectivity index (χ1) is 7.00. The monoisotopic (exact) mass is 210 g/mol. The highest BCUT2D eigenvalue weighted by Gasteiger charge is 2.14. The third-order valence-electron chi connectivity index (χ3n) is 1.84. The fourth-order valence-corrected chi connectivity index (χ4v) is 0.973. The molecule has 0 bridgehead atoms. The maximum Gasteiger partial charge on any atom is 0.488 e. The number of carbonyl (C=O) groups is 1. The van der Waals surface area contributed by atoms with Crippen LogP contribution in [0.4, 0.5) is 0 Å². The molecule has 0 radical (unpaired) electrons. The number of hydrogen-bond donors (Lipinski definition) is 3.